The average Bonchev–Trinajstić information content (AvgIpc) is 3.11. The maximum atomic E-state index is 12.3. The predicted octanol–water partition coefficient (Wildman–Crippen LogP) is 3.12. The Morgan fingerprint density at radius 2 is 2.07 bits per heavy atom. The summed E-state index contributed by atoms with van der Waals surface area (Å²) in [5, 5.41) is 21.1. The van der Waals surface area contributed by atoms with E-state index in [1.807, 2.05) is 28.7 Å². The number of carbonyl (C=O) groups is 2. The third-order valence-electron chi connectivity index (χ3n) is 4.04. The van der Waals surface area contributed by atoms with Crippen molar-refractivity contribution < 1.29 is 24.2 Å². The van der Waals surface area contributed by atoms with Gasteiger partial charge >= 0.3 is 5.97 Å². The number of nitriles is 1. The highest BCUT2D eigenvalue weighted by Crippen LogP contribution is 2.35. The van der Waals surface area contributed by atoms with Gasteiger partial charge in [0.2, 0.25) is 0 Å². The molecule has 7 nitrogen and oxygen atoms in total. The minimum absolute atomic E-state index is 0.0133. The van der Waals surface area contributed by atoms with E-state index in [0.717, 1.165) is 25.7 Å². The summed E-state index contributed by atoms with van der Waals surface area (Å²) >= 11 is 2.00. The van der Waals surface area contributed by atoms with E-state index in [4.69, 9.17) is 14.6 Å². The molecule has 1 aromatic rings. The number of halogens is 1. The van der Waals surface area contributed by atoms with Crippen molar-refractivity contribution in [2.24, 2.45) is 0 Å². The lowest BCUT2D eigenvalue weighted by Gasteiger charge is -2.14. The maximum absolute atomic E-state index is 12.3. The molecule has 0 aliphatic heterocycles. The lowest BCUT2D eigenvalue weighted by Crippen LogP contribution is -2.33. The molecule has 144 valence electrons. The number of aliphatic carboxylic acids is 1. The Hall–Kier alpha value is -2.28. The van der Waals surface area contributed by atoms with Crippen LogP contribution in [0.1, 0.15) is 38.2 Å². The average molecular weight is 484 g/mol. The second-order valence-corrected chi connectivity index (χ2v) is 7.23. The van der Waals surface area contributed by atoms with Gasteiger partial charge in [0.05, 0.1) is 10.2 Å². The molecule has 1 aromatic carbocycles. The van der Waals surface area contributed by atoms with Crippen LogP contribution in [-0.4, -0.2) is 36.2 Å². The lowest BCUT2D eigenvalue weighted by atomic mass is 10.1. The van der Waals surface area contributed by atoms with Gasteiger partial charge in [-0.05, 0) is 66.1 Å². The topological polar surface area (TPSA) is 109 Å². The van der Waals surface area contributed by atoms with Gasteiger partial charge in [-0.2, -0.15) is 5.26 Å². The summed E-state index contributed by atoms with van der Waals surface area (Å²) in [7, 11) is 0. The Labute approximate surface area is 171 Å². The normalized spacial score (nSPS) is 14.5. The fourth-order valence-corrected chi connectivity index (χ4v) is 3.64. The van der Waals surface area contributed by atoms with Crippen molar-refractivity contribution in [3.05, 3.63) is 26.8 Å². The molecule has 0 radical (unpaired) electrons. The lowest BCUT2D eigenvalue weighted by molar-refractivity contribution is -0.139. The molecule has 2 rings (SSSR count). The molecule has 0 aromatic heterocycles. The fourth-order valence-electron chi connectivity index (χ4n) is 2.86. The van der Waals surface area contributed by atoms with Crippen LogP contribution in [0.2, 0.25) is 0 Å². The number of hydrogen-bond acceptors (Lipinski definition) is 5. The van der Waals surface area contributed by atoms with Crippen LogP contribution in [0.3, 0.4) is 0 Å². The van der Waals surface area contributed by atoms with Gasteiger partial charge in [0.25, 0.3) is 5.91 Å². The standard InChI is InChI=1S/C19H21IN2O5/c1-2-26-16-9-12(8-15(20)18(16)27-11-17(23)24)7-13(10-21)19(25)22-14-5-3-4-6-14/h7-9,14H,2-6,11H2,1H3,(H,22,25)(H,23,24)/b13-7-. The SMILES string of the molecule is CCOc1cc(/C=C(/C#N)C(=O)NC2CCCC2)cc(I)c1OCC(=O)O. The van der Waals surface area contributed by atoms with Crippen LogP contribution in [0.5, 0.6) is 11.5 Å². The maximum Gasteiger partial charge on any atom is 0.341 e. The van der Waals surface area contributed by atoms with Crippen LogP contribution in [0.15, 0.2) is 17.7 Å². The number of ether oxygens (including phenoxy) is 2. The molecule has 1 aliphatic carbocycles. The minimum Gasteiger partial charge on any atom is -0.490 e. The van der Waals surface area contributed by atoms with Crippen molar-refractivity contribution in [3.63, 3.8) is 0 Å². The number of rotatable bonds is 8. The van der Waals surface area contributed by atoms with Gasteiger partial charge in [0.15, 0.2) is 18.1 Å². The highest BCUT2D eigenvalue weighted by molar-refractivity contribution is 14.1. The summed E-state index contributed by atoms with van der Waals surface area (Å²) in [4.78, 5) is 23.1. The summed E-state index contributed by atoms with van der Waals surface area (Å²) in [6, 6.07) is 5.41. The molecule has 2 N–H and O–H groups in total. The van der Waals surface area contributed by atoms with Crippen molar-refractivity contribution in [1.82, 2.24) is 5.32 Å². The number of carboxylic acids is 1. The van der Waals surface area contributed by atoms with Gasteiger partial charge in [-0.15, -0.1) is 0 Å². The number of carboxylic acid groups (broad SMARTS) is 1. The molecule has 0 heterocycles. The van der Waals surface area contributed by atoms with E-state index in [2.05, 4.69) is 5.32 Å². The predicted molar refractivity (Wildman–Crippen MR) is 107 cm³/mol. The van der Waals surface area contributed by atoms with E-state index < -0.39 is 12.6 Å². The van der Waals surface area contributed by atoms with Crippen molar-refractivity contribution >= 4 is 40.5 Å². The molecule has 0 spiro atoms. The number of benzene rings is 1. The highest BCUT2D eigenvalue weighted by atomic mass is 127. The molecule has 1 fully saturated rings. The molecule has 1 aliphatic rings. The zero-order chi connectivity index (χ0) is 19.8. The van der Waals surface area contributed by atoms with Crippen LogP contribution in [0.4, 0.5) is 0 Å². The largest absolute Gasteiger partial charge is 0.490 e. The molecular formula is C19H21IN2O5. The zero-order valence-corrected chi connectivity index (χ0v) is 17.1. The quantitative estimate of drug-likeness (QED) is 0.334. The van der Waals surface area contributed by atoms with Crippen molar-refractivity contribution in [3.8, 4) is 17.6 Å². The van der Waals surface area contributed by atoms with E-state index in [1.54, 1.807) is 19.1 Å². The van der Waals surface area contributed by atoms with Crippen LogP contribution >= 0.6 is 22.6 Å². The minimum atomic E-state index is -1.09. The Balaban J connectivity index is 2.26. The Morgan fingerprint density at radius 3 is 2.67 bits per heavy atom. The monoisotopic (exact) mass is 484 g/mol. The first kappa shape index (κ1) is 21.0. The Kier molecular flexibility index (Phi) is 7.91. The van der Waals surface area contributed by atoms with Crippen molar-refractivity contribution in [2.75, 3.05) is 13.2 Å². The van der Waals surface area contributed by atoms with E-state index in [1.165, 1.54) is 6.08 Å². The van der Waals surface area contributed by atoms with E-state index >= 15 is 0 Å². The molecule has 0 atom stereocenters. The fraction of sp³-hybridized carbons (Fsp3) is 0.421. The molecule has 0 bridgehead atoms. The number of hydrogen-bond donors (Lipinski definition) is 2. The molecular weight excluding hydrogens is 463 g/mol. The summed E-state index contributed by atoms with van der Waals surface area (Å²) in [6.07, 6.45) is 5.55. The summed E-state index contributed by atoms with van der Waals surface area (Å²) < 4.78 is 11.5. The zero-order valence-electron chi connectivity index (χ0n) is 15.0. The van der Waals surface area contributed by atoms with Gasteiger partial charge < -0.3 is 19.9 Å². The van der Waals surface area contributed by atoms with Crippen LogP contribution < -0.4 is 14.8 Å². The summed E-state index contributed by atoms with van der Waals surface area (Å²) in [6.45, 7) is 1.67. The molecule has 0 saturated heterocycles. The molecule has 8 heteroatoms. The smallest absolute Gasteiger partial charge is 0.341 e. The first-order chi connectivity index (χ1) is 12.9. The molecule has 1 saturated carbocycles. The van der Waals surface area contributed by atoms with E-state index in [9.17, 15) is 14.9 Å². The van der Waals surface area contributed by atoms with Crippen LogP contribution in [-0.2, 0) is 9.59 Å². The van der Waals surface area contributed by atoms with Gasteiger partial charge in [0, 0.05) is 6.04 Å². The first-order valence-corrected chi connectivity index (χ1v) is 9.76. The molecule has 0 unspecified atom stereocenters. The Morgan fingerprint density at radius 1 is 1.37 bits per heavy atom. The molecule has 1 amide bonds. The second kappa shape index (κ2) is 10.2. The summed E-state index contributed by atoms with van der Waals surface area (Å²) in [5.41, 5.74) is 0.614. The van der Waals surface area contributed by atoms with Gasteiger partial charge in [-0.25, -0.2) is 4.79 Å². The van der Waals surface area contributed by atoms with E-state index in [0.29, 0.717) is 27.2 Å². The molecule has 27 heavy (non-hydrogen) atoms. The third-order valence-corrected chi connectivity index (χ3v) is 4.84. The van der Waals surface area contributed by atoms with Crippen LogP contribution in [0.25, 0.3) is 6.08 Å². The number of carbonyl (C=O) groups excluding carboxylic acids is 1. The number of amides is 1. The van der Waals surface area contributed by atoms with Gasteiger partial charge in [-0.1, -0.05) is 12.8 Å². The van der Waals surface area contributed by atoms with Crippen molar-refractivity contribution in [1.29, 1.82) is 5.26 Å². The number of nitrogens with one attached hydrogen (secondary N) is 1. The first-order valence-electron chi connectivity index (χ1n) is 8.68. The Bertz CT molecular complexity index is 779. The van der Waals surface area contributed by atoms with Crippen LogP contribution in [0, 0.1) is 14.9 Å². The van der Waals surface area contributed by atoms with Gasteiger partial charge in [0.1, 0.15) is 11.6 Å². The second-order valence-electron chi connectivity index (χ2n) is 6.07. The summed E-state index contributed by atoms with van der Waals surface area (Å²) in [5.74, 6) is -0.785. The third kappa shape index (κ3) is 6.13. The van der Waals surface area contributed by atoms with Gasteiger partial charge in [-0.3, -0.25) is 4.79 Å². The van der Waals surface area contributed by atoms with Crippen molar-refractivity contribution in [2.45, 2.75) is 38.6 Å². The highest BCUT2D eigenvalue weighted by Gasteiger charge is 2.20. The van der Waals surface area contributed by atoms with E-state index in [-0.39, 0.29) is 17.5 Å². The number of nitrogens with zero attached hydrogens (tertiary/aromatic N) is 1.